The largest absolute Gasteiger partial charge is 0.452 e. The van der Waals surface area contributed by atoms with Gasteiger partial charge in [0, 0.05) is 18.6 Å². The lowest BCUT2D eigenvalue weighted by Crippen LogP contribution is -2.26. The van der Waals surface area contributed by atoms with Crippen LogP contribution in [0.4, 0.5) is 0 Å². The van der Waals surface area contributed by atoms with Crippen molar-refractivity contribution < 1.29 is 23.8 Å². The van der Waals surface area contributed by atoms with Crippen molar-refractivity contribution in [3.8, 4) is 0 Å². The van der Waals surface area contributed by atoms with E-state index in [4.69, 9.17) is 14.2 Å². The average molecular weight is 406 g/mol. The monoisotopic (exact) mass is 406 g/mol. The highest BCUT2D eigenvalue weighted by Crippen LogP contribution is 2.29. The van der Waals surface area contributed by atoms with Crippen molar-refractivity contribution in [1.82, 2.24) is 0 Å². The SMILES string of the molecule is O=C(CC1=C[C@H](OC2CCCCO2)CC1=O)OC(c1ccccc1)c1ccccc1. The number of rotatable bonds is 7. The summed E-state index contributed by atoms with van der Waals surface area (Å²) >= 11 is 0. The molecule has 0 spiro atoms. The van der Waals surface area contributed by atoms with Crippen molar-refractivity contribution >= 4 is 11.8 Å². The summed E-state index contributed by atoms with van der Waals surface area (Å²) in [5.41, 5.74) is 2.24. The number of hydrogen-bond acceptors (Lipinski definition) is 5. The lowest BCUT2D eigenvalue weighted by Gasteiger charge is -2.24. The summed E-state index contributed by atoms with van der Waals surface area (Å²) < 4.78 is 17.3. The highest BCUT2D eigenvalue weighted by atomic mass is 16.7. The molecule has 4 rings (SSSR count). The van der Waals surface area contributed by atoms with Gasteiger partial charge in [-0.05, 0) is 36.5 Å². The maximum Gasteiger partial charge on any atom is 0.311 e. The van der Waals surface area contributed by atoms with Crippen LogP contribution in [0.5, 0.6) is 0 Å². The summed E-state index contributed by atoms with van der Waals surface area (Å²) in [5, 5.41) is 0. The second kappa shape index (κ2) is 9.83. The van der Waals surface area contributed by atoms with E-state index < -0.39 is 12.1 Å². The molecule has 2 aromatic carbocycles. The molecule has 1 fully saturated rings. The summed E-state index contributed by atoms with van der Waals surface area (Å²) in [4.78, 5) is 25.1. The van der Waals surface area contributed by atoms with E-state index in [0.29, 0.717) is 12.2 Å². The van der Waals surface area contributed by atoms with Crippen molar-refractivity contribution in [3.05, 3.63) is 83.4 Å². The van der Waals surface area contributed by atoms with Crippen molar-refractivity contribution in [2.45, 2.75) is 50.6 Å². The third-order valence-electron chi connectivity index (χ3n) is 5.39. The molecule has 0 N–H and O–H groups in total. The van der Waals surface area contributed by atoms with Crippen molar-refractivity contribution in [2.24, 2.45) is 0 Å². The lowest BCUT2D eigenvalue weighted by atomic mass is 10.0. The molecular formula is C25H26O5. The smallest absolute Gasteiger partial charge is 0.311 e. The Kier molecular flexibility index (Phi) is 6.72. The van der Waals surface area contributed by atoms with Crippen LogP contribution in [-0.2, 0) is 23.8 Å². The number of carbonyl (C=O) groups is 2. The van der Waals surface area contributed by atoms with E-state index >= 15 is 0 Å². The molecule has 1 aliphatic heterocycles. The molecule has 1 saturated heterocycles. The Bertz CT molecular complexity index is 845. The Morgan fingerprint density at radius 2 is 1.67 bits per heavy atom. The molecule has 2 aromatic rings. The van der Waals surface area contributed by atoms with Gasteiger partial charge in [0.25, 0.3) is 0 Å². The molecule has 156 valence electrons. The predicted molar refractivity (Wildman–Crippen MR) is 112 cm³/mol. The number of Topliss-reactive ketones (excluding diaryl/α,β-unsaturated/α-hetero) is 1. The first-order chi connectivity index (χ1) is 14.7. The van der Waals surface area contributed by atoms with Gasteiger partial charge in [0.05, 0.1) is 12.5 Å². The molecule has 2 atom stereocenters. The normalized spacial score (nSPS) is 21.5. The van der Waals surface area contributed by atoms with E-state index in [1.54, 1.807) is 6.08 Å². The number of esters is 1. The Morgan fingerprint density at radius 3 is 2.27 bits per heavy atom. The van der Waals surface area contributed by atoms with Gasteiger partial charge in [0.15, 0.2) is 18.2 Å². The topological polar surface area (TPSA) is 61.8 Å². The van der Waals surface area contributed by atoms with E-state index in [2.05, 4.69) is 0 Å². The molecule has 1 heterocycles. The molecule has 5 heteroatoms. The van der Waals surface area contributed by atoms with Gasteiger partial charge in [0.1, 0.15) is 0 Å². The zero-order chi connectivity index (χ0) is 20.8. The number of benzene rings is 2. The van der Waals surface area contributed by atoms with Crippen molar-refractivity contribution in [3.63, 3.8) is 0 Å². The van der Waals surface area contributed by atoms with Gasteiger partial charge in [-0.1, -0.05) is 60.7 Å². The molecule has 0 aromatic heterocycles. The van der Waals surface area contributed by atoms with Crippen LogP contribution in [-0.4, -0.2) is 30.8 Å². The first kappa shape index (κ1) is 20.5. The number of hydrogen-bond donors (Lipinski definition) is 0. The molecule has 1 aliphatic carbocycles. The number of ketones is 1. The van der Waals surface area contributed by atoms with Crippen LogP contribution in [0.25, 0.3) is 0 Å². The summed E-state index contributed by atoms with van der Waals surface area (Å²) in [6.07, 6.45) is 3.79. The van der Waals surface area contributed by atoms with Gasteiger partial charge < -0.3 is 14.2 Å². The fraction of sp³-hybridized carbons (Fsp3) is 0.360. The van der Waals surface area contributed by atoms with Crippen LogP contribution >= 0.6 is 0 Å². The molecule has 0 bridgehead atoms. The maximum absolute atomic E-state index is 12.7. The number of carbonyl (C=O) groups excluding carboxylic acids is 2. The molecule has 30 heavy (non-hydrogen) atoms. The molecule has 0 saturated carbocycles. The average Bonchev–Trinajstić information content (AvgIpc) is 3.12. The van der Waals surface area contributed by atoms with Crippen LogP contribution in [0.3, 0.4) is 0 Å². The van der Waals surface area contributed by atoms with E-state index in [1.165, 1.54) is 0 Å². The number of ether oxygens (including phenoxy) is 3. The fourth-order valence-electron chi connectivity index (χ4n) is 3.86. The van der Waals surface area contributed by atoms with Crippen LogP contribution in [0.15, 0.2) is 72.3 Å². The first-order valence-corrected chi connectivity index (χ1v) is 10.5. The highest BCUT2D eigenvalue weighted by Gasteiger charge is 2.30. The zero-order valence-electron chi connectivity index (χ0n) is 16.9. The van der Waals surface area contributed by atoms with Gasteiger partial charge in [-0.3, -0.25) is 9.59 Å². The predicted octanol–water partition coefficient (Wildman–Crippen LogP) is 4.52. The van der Waals surface area contributed by atoms with Gasteiger partial charge in [-0.15, -0.1) is 0 Å². The Balaban J connectivity index is 1.41. The van der Waals surface area contributed by atoms with E-state index in [9.17, 15) is 9.59 Å². The van der Waals surface area contributed by atoms with Gasteiger partial charge in [0.2, 0.25) is 0 Å². The molecule has 0 amide bonds. The van der Waals surface area contributed by atoms with E-state index in [0.717, 1.165) is 30.4 Å². The van der Waals surface area contributed by atoms with Crippen molar-refractivity contribution in [1.29, 1.82) is 0 Å². The Labute approximate surface area is 176 Å². The standard InChI is InChI=1S/C25H26O5/c26-22-17-21(29-24-13-7-8-14-28-24)15-20(22)16-23(27)30-25(18-9-3-1-4-10-18)19-11-5-2-6-12-19/h1-6,9-12,15,21,24-25H,7-8,13-14,16-17H2/t21-,24?/m0/s1. The van der Waals surface area contributed by atoms with E-state index in [-0.39, 0.29) is 31.0 Å². The zero-order valence-corrected chi connectivity index (χ0v) is 16.9. The maximum atomic E-state index is 12.7. The van der Waals surface area contributed by atoms with Gasteiger partial charge in [-0.25, -0.2) is 0 Å². The molecule has 5 nitrogen and oxygen atoms in total. The fourth-order valence-corrected chi connectivity index (χ4v) is 3.86. The highest BCUT2D eigenvalue weighted by molar-refractivity contribution is 6.01. The van der Waals surface area contributed by atoms with Crippen LogP contribution in [0.2, 0.25) is 0 Å². The summed E-state index contributed by atoms with van der Waals surface area (Å²) in [6, 6.07) is 19.2. The minimum Gasteiger partial charge on any atom is -0.452 e. The van der Waals surface area contributed by atoms with Crippen LogP contribution in [0, 0.1) is 0 Å². The van der Waals surface area contributed by atoms with Crippen LogP contribution < -0.4 is 0 Å². The van der Waals surface area contributed by atoms with Crippen molar-refractivity contribution in [2.75, 3.05) is 6.61 Å². The second-order valence-electron chi connectivity index (χ2n) is 7.66. The summed E-state index contributed by atoms with van der Waals surface area (Å²) in [5.74, 6) is -0.495. The minimum absolute atomic E-state index is 0.0552. The second-order valence-corrected chi connectivity index (χ2v) is 7.66. The van der Waals surface area contributed by atoms with Gasteiger partial charge >= 0.3 is 5.97 Å². The molecule has 2 aliphatic rings. The quantitative estimate of drug-likeness (QED) is 0.633. The lowest BCUT2D eigenvalue weighted by molar-refractivity contribution is -0.178. The third kappa shape index (κ3) is 5.23. The Morgan fingerprint density at radius 1 is 1.00 bits per heavy atom. The first-order valence-electron chi connectivity index (χ1n) is 10.5. The summed E-state index contributed by atoms with van der Waals surface area (Å²) in [6.45, 7) is 0.689. The molecule has 1 unspecified atom stereocenters. The third-order valence-corrected chi connectivity index (χ3v) is 5.39. The molecular weight excluding hydrogens is 380 g/mol. The molecule has 0 radical (unpaired) electrons. The minimum atomic E-state index is -0.514. The van der Waals surface area contributed by atoms with Crippen LogP contribution in [0.1, 0.15) is 49.3 Å². The Hall–Kier alpha value is -2.76. The van der Waals surface area contributed by atoms with E-state index in [1.807, 2.05) is 60.7 Å². The summed E-state index contributed by atoms with van der Waals surface area (Å²) in [7, 11) is 0. The van der Waals surface area contributed by atoms with Gasteiger partial charge in [-0.2, -0.15) is 0 Å².